The molecule has 0 spiro atoms. The highest BCUT2D eigenvalue weighted by atomic mass is 16.5. The van der Waals surface area contributed by atoms with Crippen molar-refractivity contribution in [3.63, 3.8) is 0 Å². The van der Waals surface area contributed by atoms with Gasteiger partial charge in [0, 0.05) is 24.0 Å². The number of pyridine rings is 1. The van der Waals surface area contributed by atoms with Gasteiger partial charge in [0.1, 0.15) is 11.5 Å². The topological polar surface area (TPSA) is 51.7 Å². The van der Waals surface area contributed by atoms with Gasteiger partial charge in [-0.1, -0.05) is 31.0 Å². The van der Waals surface area contributed by atoms with Crippen molar-refractivity contribution in [3.05, 3.63) is 54.1 Å². The van der Waals surface area contributed by atoms with Crippen molar-refractivity contribution in [3.8, 4) is 22.8 Å². The number of ether oxygens (including phenoxy) is 2. The minimum absolute atomic E-state index is 0.0774. The van der Waals surface area contributed by atoms with E-state index in [1.165, 1.54) is 12.8 Å². The summed E-state index contributed by atoms with van der Waals surface area (Å²) in [6.45, 7) is 1.63. The number of benzene rings is 2. The standard InChI is InChI=1S/C24H26N2O3/c1-28-17-11-12-23(29-2)20(15-17)22-16-19(18-9-5-6-10-21(18)25-22)24(27)26-13-7-3-4-8-14-26/h5-6,9-12,15-16H,3-4,7-8,13-14H2,1-2H3. The van der Waals surface area contributed by atoms with Crippen LogP contribution in [0.2, 0.25) is 0 Å². The van der Waals surface area contributed by atoms with Crippen LogP contribution in [0.1, 0.15) is 36.0 Å². The van der Waals surface area contributed by atoms with Gasteiger partial charge in [0.25, 0.3) is 5.91 Å². The fourth-order valence-corrected chi connectivity index (χ4v) is 3.95. The van der Waals surface area contributed by atoms with E-state index in [4.69, 9.17) is 14.5 Å². The Hall–Kier alpha value is -3.08. The predicted octanol–water partition coefficient (Wildman–Crippen LogP) is 4.94. The molecule has 5 heteroatoms. The number of carbonyl (C=O) groups is 1. The number of hydrogen-bond donors (Lipinski definition) is 0. The van der Waals surface area contributed by atoms with Crippen molar-refractivity contribution in [2.24, 2.45) is 0 Å². The van der Waals surface area contributed by atoms with Gasteiger partial charge in [-0.15, -0.1) is 0 Å². The third-order valence-corrected chi connectivity index (χ3v) is 5.52. The minimum atomic E-state index is 0.0774. The van der Waals surface area contributed by atoms with E-state index in [-0.39, 0.29) is 5.91 Å². The highest BCUT2D eigenvalue weighted by Gasteiger charge is 2.22. The van der Waals surface area contributed by atoms with E-state index in [9.17, 15) is 4.79 Å². The molecule has 0 saturated carbocycles. The summed E-state index contributed by atoms with van der Waals surface area (Å²) >= 11 is 0. The van der Waals surface area contributed by atoms with E-state index >= 15 is 0 Å². The Balaban J connectivity index is 1.86. The Labute approximate surface area is 171 Å². The molecule has 1 aliphatic heterocycles. The molecule has 1 amide bonds. The van der Waals surface area contributed by atoms with Gasteiger partial charge < -0.3 is 14.4 Å². The highest BCUT2D eigenvalue weighted by Crippen LogP contribution is 2.34. The van der Waals surface area contributed by atoms with Crippen LogP contribution >= 0.6 is 0 Å². The first-order valence-electron chi connectivity index (χ1n) is 10.1. The Bertz CT molecular complexity index is 1020. The lowest BCUT2D eigenvalue weighted by Gasteiger charge is -2.22. The third-order valence-electron chi connectivity index (χ3n) is 5.52. The average molecular weight is 390 g/mol. The molecule has 3 aromatic rings. The number of aromatic nitrogens is 1. The van der Waals surface area contributed by atoms with Gasteiger partial charge >= 0.3 is 0 Å². The van der Waals surface area contributed by atoms with Gasteiger partial charge in [0.05, 0.1) is 31.0 Å². The molecule has 4 rings (SSSR count). The van der Waals surface area contributed by atoms with Gasteiger partial charge in [0.2, 0.25) is 0 Å². The molecule has 150 valence electrons. The molecule has 5 nitrogen and oxygen atoms in total. The molecule has 0 N–H and O–H groups in total. The Morgan fingerprint density at radius 2 is 1.69 bits per heavy atom. The molecule has 0 aliphatic carbocycles. The monoisotopic (exact) mass is 390 g/mol. The van der Waals surface area contributed by atoms with Gasteiger partial charge in [-0.05, 0) is 43.2 Å². The molecule has 2 aromatic carbocycles. The minimum Gasteiger partial charge on any atom is -0.497 e. The summed E-state index contributed by atoms with van der Waals surface area (Å²) in [4.78, 5) is 20.3. The van der Waals surface area contributed by atoms with Crippen molar-refractivity contribution in [2.75, 3.05) is 27.3 Å². The van der Waals surface area contributed by atoms with Gasteiger partial charge in [-0.25, -0.2) is 4.98 Å². The van der Waals surface area contributed by atoms with Crippen LogP contribution in [-0.2, 0) is 0 Å². The summed E-state index contributed by atoms with van der Waals surface area (Å²) in [6.07, 6.45) is 4.50. The van der Waals surface area contributed by atoms with Gasteiger partial charge in [-0.3, -0.25) is 4.79 Å². The molecule has 0 atom stereocenters. The number of hydrogen-bond acceptors (Lipinski definition) is 4. The Morgan fingerprint density at radius 3 is 2.41 bits per heavy atom. The molecule has 2 heterocycles. The van der Waals surface area contributed by atoms with Crippen molar-refractivity contribution in [1.29, 1.82) is 0 Å². The lowest BCUT2D eigenvalue weighted by atomic mass is 10.0. The van der Waals surface area contributed by atoms with E-state index in [1.54, 1.807) is 14.2 Å². The number of likely N-dealkylation sites (tertiary alicyclic amines) is 1. The van der Waals surface area contributed by atoms with Crippen LogP contribution in [0.5, 0.6) is 11.5 Å². The first-order valence-corrected chi connectivity index (χ1v) is 10.1. The van der Waals surface area contributed by atoms with E-state index in [0.717, 1.165) is 48.1 Å². The summed E-state index contributed by atoms with van der Waals surface area (Å²) in [7, 11) is 3.27. The number of amides is 1. The average Bonchev–Trinajstić information content (AvgIpc) is 3.07. The highest BCUT2D eigenvalue weighted by molar-refractivity contribution is 6.07. The smallest absolute Gasteiger partial charge is 0.254 e. The summed E-state index contributed by atoms with van der Waals surface area (Å²) in [6, 6.07) is 15.3. The second-order valence-electron chi connectivity index (χ2n) is 7.34. The summed E-state index contributed by atoms with van der Waals surface area (Å²) in [5.41, 5.74) is 3.01. The van der Waals surface area contributed by atoms with Crippen LogP contribution in [0.25, 0.3) is 22.2 Å². The van der Waals surface area contributed by atoms with Crippen molar-refractivity contribution in [1.82, 2.24) is 9.88 Å². The number of para-hydroxylation sites is 1. The van der Waals surface area contributed by atoms with Crippen LogP contribution < -0.4 is 9.47 Å². The molecule has 1 saturated heterocycles. The third kappa shape index (κ3) is 3.90. The van der Waals surface area contributed by atoms with Crippen molar-refractivity contribution < 1.29 is 14.3 Å². The fourth-order valence-electron chi connectivity index (χ4n) is 3.95. The zero-order valence-corrected chi connectivity index (χ0v) is 17.0. The molecule has 29 heavy (non-hydrogen) atoms. The summed E-state index contributed by atoms with van der Waals surface area (Å²) in [5.74, 6) is 1.49. The molecule has 0 bridgehead atoms. The maximum absolute atomic E-state index is 13.5. The first-order chi connectivity index (χ1) is 14.2. The number of carbonyl (C=O) groups excluding carboxylic acids is 1. The van der Waals surface area contributed by atoms with E-state index in [2.05, 4.69) is 0 Å². The van der Waals surface area contributed by atoms with Crippen molar-refractivity contribution >= 4 is 16.8 Å². The molecule has 1 fully saturated rings. The first kappa shape index (κ1) is 19.2. The predicted molar refractivity (Wildman–Crippen MR) is 115 cm³/mol. The number of rotatable bonds is 4. The molecule has 0 radical (unpaired) electrons. The van der Waals surface area contributed by atoms with Gasteiger partial charge in [0.15, 0.2) is 0 Å². The molecule has 1 aromatic heterocycles. The Kier molecular flexibility index (Phi) is 5.65. The molecule has 1 aliphatic rings. The van der Waals surface area contributed by atoms with Crippen molar-refractivity contribution in [2.45, 2.75) is 25.7 Å². The van der Waals surface area contributed by atoms with Crippen LogP contribution in [0, 0.1) is 0 Å². The quantitative estimate of drug-likeness (QED) is 0.633. The summed E-state index contributed by atoms with van der Waals surface area (Å²) < 4.78 is 10.9. The largest absolute Gasteiger partial charge is 0.497 e. The molecular formula is C24H26N2O3. The van der Waals surface area contributed by atoms with E-state index in [1.807, 2.05) is 53.4 Å². The maximum atomic E-state index is 13.5. The summed E-state index contributed by atoms with van der Waals surface area (Å²) in [5, 5.41) is 0.882. The lowest BCUT2D eigenvalue weighted by molar-refractivity contribution is 0.0763. The fraction of sp³-hybridized carbons (Fsp3) is 0.333. The number of fused-ring (bicyclic) bond motifs is 1. The second kappa shape index (κ2) is 8.52. The molecular weight excluding hydrogens is 364 g/mol. The Morgan fingerprint density at radius 1 is 0.931 bits per heavy atom. The molecule has 0 unspecified atom stereocenters. The van der Waals surface area contributed by atoms with Gasteiger partial charge in [-0.2, -0.15) is 0 Å². The normalized spacial score (nSPS) is 14.5. The van der Waals surface area contributed by atoms with Crippen LogP contribution in [0.4, 0.5) is 0 Å². The lowest BCUT2D eigenvalue weighted by Crippen LogP contribution is -2.32. The number of nitrogens with zero attached hydrogens (tertiary/aromatic N) is 2. The van der Waals surface area contributed by atoms with Crippen LogP contribution in [0.3, 0.4) is 0 Å². The van der Waals surface area contributed by atoms with E-state index in [0.29, 0.717) is 17.0 Å². The zero-order valence-electron chi connectivity index (χ0n) is 17.0. The SMILES string of the molecule is COc1ccc(OC)c(-c2cc(C(=O)N3CCCCCC3)c3ccccc3n2)c1. The zero-order chi connectivity index (χ0) is 20.2. The maximum Gasteiger partial charge on any atom is 0.254 e. The van der Waals surface area contributed by atoms with E-state index < -0.39 is 0 Å². The number of methoxy groups -OCH3 is 2. The second-order valence-corrected chi connectivity index (χ2v) is 7.34. The van der Waals surface area contributed by atoms with Crippen LogP contribution in [0.15, 0.2) is 48.5 Å². The van der Waals surface area contributed by atoms with Crippen LogP contribution in [-0.4, -0.2) is 43.1 Å².